The smallest absolute Gasteiger partial charge is 0.281 e. The van der Waals surface area contributed by atoms with Crippen molar-refractivity contribution in [1.82, 2.24) is 0 Å². The number of hydrogen-bond donors (Lipinski definition) is 1. The standard InChI is InChI=1S/C19H14N2O2/c20-18-16-11-14-9-5-4-8-13(14)10-15(16)17(19(18)21(22)23)12-6-2-1-3-7-12/h1-11,17H,20H2. The molecule has 0 aromatic heterocycles. The summed E-state index contributed by atoms with van der Waals surface area (Å²) in [6, 6.07) is 21.4. The van der Waals surface area contributed by atoms with E-state index in [4.69, 9.17) is 5.73 Å². The zero-order valence-electron chi connectivity index (χ0n) is 12.3. The van der Waals surface area contributed by atoms with Crippen molar-refractivity contribution >= 4 is 16.5 Å². The summed E-state index contributed by atoms with van der Waals surface area (Å²) in [5.74, 6) is -0.425. The Morgan fingerprint density at radius 3 is 2.17 bits per heavy atom. The molecule has 4 heteroatoms. The molecule has 0 fully saturated rings. The van der Waals surface area contributed by atoms with Gasteiger partial charge in [-0.2, -0.15) is 0 Å². The van der Waals surface area contributed by atoms with Crippen LogP contribution in [0.2, 0.25) is 0 Å². The van der Waals surface area contributed by atoms with Gasteiger partial charge in [-0.15, -0.1) is 0 Å². The quantitative estimate of drug-likeness (QED) is 0.576. The topological polar surface area (TPSA) is 69.2 Å². The number of hydrogen-bond acceptors (Lipinski definition) is 3. The van der Waals surface area contributed by atoms with Crippen LogP contribution < -0.4 is 5.73 Å². The summed E-state index contributed by atoms with van der Waals surface area (Å²) in [7, 11) is 0. The number of benzene rings is 3. The van der Waals surface area contributed by atoms with Gasteiger partial charge in [0.15, 0.2) is 0 Å². The lowest BCUT2D eigenvalue weighted by molar-refractivity contribution is -0.427. The van der Waals surface area contributed by atoms with Crippen LogP contribution in [0.4, 0.5) is 0 Å². The van der Waals surface area contributed by atoms with Crippen molar-refractivity contribution in [1.29, 1.82) is 0 Å². The largest absolute Gasteiger partial charge is 0.393 e. The Morgan fingerprint density at radius 1 is 0.913 bits per heavy atom. The maximum atomic E-state index is 11.6. The first-order valence-corrected chi connectivity index (χ1v) is 7.39. The zero-order chi connectivity index (χ0) is 16.0. The molecular weight excluding hydrogens is 288 g/mol. The molecule has 3 aromatic carbocycles. The minimum Gasteiger partial charge on any atom is -0.393 e. The molecule has 0 aliphatic heterocycles. The number of fused-ring (bicyclic) bond motifs is 2. The van der Waals surface area contributed by atoms with E-state index in [-0.39, 0.29) is 16.3 Å². The van der Waals surface area contributed by atoms with Crippen LogP contribution in [0.1, 0.15) is 22.6 Å². The highest BCUT2D eigenvalue weighted by molar-refractivity contribution is 5.90. The highest BCUT2D eigenvalue weighted by Gasteiger charge is 2.39. The highest BCUT2D eigenvalue weighted by Crippen LogP contribution is 2.45. The molecule has 0 spiro atoms. The maximum Gasteiger partial charge on any atom is 0.281 e. The van der Waals surface area contributed by atoms with Gasteiger partial charge in [-0.3, -0.25) is 10.1 Å². The lowest BCUT2D eigenvalue weighted by atomic mass is 9.90. The summed E-state index contributed by atoms with van der Waals surface area (Å²) in [6.45, 7) is 0. The van der Waals surface area contributed by atoms with E-state index in [1.165, 1.54) is 0 Å². The van der Waals surface area contributed by atoms with Gasteiger partial charge in [-0.25, -0.2) is 0 Å². The summed E-state index contributed by atoms with van der Waals surface area (Å²) >= 11 is 0. The molecule has 3 aromatic rings. The van der Waals surface area contributed by atoms with Crippen LogP contribution >= 0.6 is 0 Å². The maximum absolute atomic E-state index is 11.6. The molecule has 4 nitrogen and oxygen atoms in total. The van der Waals surface area contributed by atoms with Gasteiger partial charge in [-0.1, -0.05) is 54.6 Å². The lowest BCUT2D eigenvalue weighted by Crippen LogP contribution is -2.10. The molecule has 0 radical (unpaired) electrons. The molecule has 0 heterocycles. The van der Waals surface area contributed by atoms with Crippen molar-refractivity contribution in [2.45, 2.75) is 5.92 Å². The summed E-state index contributed by atoms with van der Waals surface area (Å²) in [6.07, 6.45) is 0. The van der Waals surface area contributed by atoms with E-state index in [1.54, 1.807) is 0 Å². The first-order valence-electron chi connectivity index (χ1n) is 7.39. The van der Waals surface area contributed by atoms with Crippen LogP contribution in [-0.2, 0) is 0 Å². The first kappa shape index (κ1) is 13.5. The van der Waals surface area contributed by atoms with Crippen LogP contribution in [-0.4, -0.2) is 4.92 Å². The fraction of sp³-hybridized carbons (Fsp3) is 0.0526. The summed E-state index contributed by atoms with van der Waals surface area (Å²) < 4.78 is 0. The molecule has 0 saturated carbocycles. The second-order valence-corrected chi connectivity index (χ2v) is 5.69. The second-order valence-electron chi connectivity index (χ2n) is 5.69. The van der Waals surface area contributed by atoms with Crippen LogP contribution in [0.15, 0.2) is 72.4 Å². The van der Waals surface area contributed by atoms with Crippen LogP contribution in [0.5, 0.6) is 0 Å². The lowest BCUT2D eigenvalue weighted by Gasteiger charge is -2.12. The molecular formula is C19H14N2O2. The van der Waals surface area contributed by atoms with Gasteiger partial charge in [-0.05, 0) is 34.0 Å². The van der Waals surface area contributed by atoms with Crippen LogP contribution in [0.3, 0.4) is 0 Å². The Bertz CT molecular complexity index is 962. The third kappa shape index (κ3) is 1.99. The first-order chi connectivity index (χ1) is 11.2. The van der Waals surface area contributed by atoms with E-state index in [1.807, 2.05) is 66.7 Å². The summed E-state index contributed by atoms with van der Waals surface area (Å²) in [5.41, 5.74) is 9.04. The van der Waals surface area contributed by atoms with E-state index >= 15 is 0 Å². The minimum absolute atomic E-state index is 0.0708. The number of nitrogens with zero attached hydrogens (tertiary/aromatic N) is 1. The van der Waals surface area contributed by atoms with Gasteiger partial charge < -0.3 is 5.73 Å². The number of nitro groups is 1. The Balaban J connectivity index is 2.03. The number of rotatable bonds is 2. The molecule has 1 atom stereocenters. The van der Waals surface area contributed by atoms with Gasteiger partial charge in [0.05, 0.1) is 4.92 Å². The van der Waals surface area contributed by atoms with Gasteiger partial charge in [0.1, 0.15) is 11.6 Å². The average molecular weight is 302 g/mol. The normalized spacial score (nSPS) is 16.6. The highest BCUT2D eigenvalue weighted by atomic mass is 16.6. The zero-order valence-corrected chi connectivity index (χ0v) is 12.3. The van der Waals surface area contributed by atoms with Crippen molar-refractivity contribution in [2.75, 3.05) is 0 Å². The monoisotopic (exact) mass is 302 g/mol. The third-order valence-electron chi connectivity index (χ3n) is 4.40. The van der Waals surface area contributed by atoms with Crippen LogP contribution in [0, 0.1) is 10.1 Å². The Kier molecular flexibility index (Phi) is 2.91. The van der Waals surface area contributed by atoms with E-state index < -0.39 is 5.92 Å². The van der Waals surface area contributed by atoms with Crippen molar-refractivity contribution < 1.29 is 4.92 Å². The molecule has 4 rings (SSSR count). The Hall–Kier alpha value is -3.14. The fourth-order valence-corrected chi connectivity index (χ4v) is 3.36. The van der Waals surface area contributed by atoms with Crippen molar-refractivity contribution in [2.24, 2.45) is 5.73 Å². The molecule has 2 N–H and O–H groups in total. The van der Waals surface area contributed by atoms with E-state index in [0.717, 1.165) is 27.5 Å². The molecule has 0 saturated heterocycles. The molecule has 23 heavy (non-hydrogen) atoms. The second kappa shape index (κ2) is 4.95. The number of allylic oxidation sites excluding steroid dienone is 1. The van der Waals surface area contributed by atoms with E-state index in [0.29, 0.717) is 0 Å². The molecule has 1 aliphatic carbocycles. The fourth-order valence-electron chi connectivity index (χ4n) is 3.36. The number of nitrogens with two attached hydrogens (primary N) is 1. The van der Waals surface area contributed by atoms with Crippen molar-refractivity contribution in [3.8, 4) is 0 Å². The third-order valence-corrected chi connectivity index (χ3v) is 4.40. The van der Waals surface area contributed by atoms with Crippen molar-refractivity contribution in [3.05, 3.63) is 99.2 Å². The van der Waals surface area contributed by atoms with E-state index in [9.17, 15) is 10.1 Å². The molecule has 0 amide bonds. The Labute approximate surface area is 133 Å². The summed E-state index contributed by atoms with van der Waals surface area (Å²) in [5, 5.41) is 13.7. The van der Waals surface area contributed by atoms with Gasteiger partial charge >= 0.3 is 0 Å². The molecule has 1 unspecified atom stereocenters. The van der Waals surface area contributed by atoms with Crippen molar-refractivity contribution in [3.63, 3.8) is 0 Å². The predicted molar refractivity (Wildman–Crippen MR) is 90.3 cm³/mol. The SMILES string of the molecule is NC1=C([N+](=O)[O-])C(c2ccccc2)c2cc3ccccc3cc21. The minimum atomic E-state index is -0.425. The predicted octanol–water partition coefficient (Wildman–Crippen LogP) is 3.89. The molecule has 1 aliphatic rings. The average Bonchev–Trinajstić information content (AvgIpc) is 2.86. The van der Waals surface area contributed by atoms with Gasteiger partial charge in [0.2, 0.25) is 0 Å². The van der Waals surface area contributed by atoms with Gasteiger partial charge in [0.25, 0.3) is 5.70 Å². The summed E-state index contributed by atoms with van der Waals surface area (Å²) in [4.78, 5) is 11.3. The molecule has 0 bridgehead atoms. The van der Waals surface area contributed by atoms with E-state index in [2.05, 4.69) is 0 Å². The van der Waals surface area contributed by atoms with Crippen LogP contribution in [0.25, 0.3) is 16.5 Å². The Morgan fingerprint density at radius 2 is 1.52 bits per heavy atom. The van der Waals surface area contributed by atoms with Gasteiger partial charge in [0, 0.05) is 5.56 Å². The molecule has 112 valence electrons.